The summed E-state index contributed by atoms with van der Waals surface area (Å²) in [5.74, 6) is 1.80. The number of ether oxygens (including phenoxy) is 2. The number of hydrogen-bond acceptors (Lipinski definition) is 6. The number of nitrogens with zero attached hydrogens (tertiary/aromatic N) is 3. The van der Waals surface area contributed by atoms with Gasteiger partial charge in [0.05, 0.1) is 13.1 Å². The molecule has 1 aromatic carbocycles. The van der Waals surface area contributed by atoms with Crippen molar-refractivity contribution < 1.29 is 14.3 Å². The van der Waals surface area contributed by atoms with E-state index >= 15 is 0 Å². The van der Waals surface area contributed by atoms with Crippen LogP contribution in [0.2, 0.25) is 0 Å². The first-order valence-corrected chi connectivity index (χ1v) is 10.5. The first-order valence-electron chi connectivity index (χ1n) is 10.5. The van der Waals surface area contributed by atoms with Gasteiger partial charge in [-0.15, -0.1) is 0 Å². The summed E-state index contributed by atoms with van der Waals surface area (Å²) in [5.41, 5.74) is 3.21. The number of nitrogens with one attached hydrogen (secondary N) is 1. The molecule has 1 aromatic rings. The third-order valence-corrected chi connectivity index (χ3v) is 5.40. The Balaban J connectivity index is 1.70. The van der Waals surface area contributed by atoms with Crippen molar-refractivity contribution in [2.24, 2.45) is 15.9 Å². The predicted molar refractivity (Wildman–Crippen MR) is 118 cm³/mol. The van der Waals surface area contributed by atoms with Gasteiger partial charge in [0.2, 0.25) is 0 Å². The molecule has 1 amide bonds. The molecule has 3 heterocycles. The van der Waals surface area contributed by atoms with Crippen molar-refractivity contribution in [1.82, 2.24) is 10.2 Å². The summed E-state index contributed by atoms with van der Waals surface area (Å²) in [5, 5.41) is 3.48. The van der Waals surface area contributed by atoms with Gasteiger partial charge in [0.1, 0.15) is 24.8 Å². The van der Waals surface area contributed by atoms with E-state index in [9.17, 15) is 4.79 Å². The normalized spacial score (nSPS) is 22.1. The second kappa shape index (κ2) is 9.15. The van der Waals surface area contributed by atoms with Gasteiger partial charge in [0, 0.05) is 36.0 Å². The number of carbonyl (C=O) groups is 1. The molecule has 4 bridgehead atoms. The van der Waals surface area contributed by atoms with Gasteiger partial charge in [-0.3, -0.25) is 9.98 Å². The average Bonchev–Trinajstić information content (AvgIpc) is 2.95. The van der Waals surface area contributed by atoms with E-state index in [1.54, 1.807) is 4.90 Å². The molecule has 1 unspecified atom stereocenters. The van der Waals surface area contributed by atoms with Gasteiger partial charge in [-0.25, -0.2) is 4.79 Å². The summed E-state index contributed by atoms with van der Waals surface area (Å²) in [4.78, 5) is 23.3. The van der Waals surface area contributed by atoms with Gasteiger partial charge in [-0.2, -0.15) is 0 Å². The molecule has 3 aliphatic heterocycles. The van der Waals surface area contributed by atoms with Crippen LogP contribution in [-0.2, 0) is 4.74 Å². The third-order valence-electron chi connectivity index (χ3n) is 5.40. The molecule has 0 saturated heterocycles. The molecule has 0 aromatic heterocycles. The highest BCUT2D eigenvalue weighted by molar-refractivity contribution is 6.13. The Morgan fingerprint density at radius 1 is 1.20 bits per heavy atom. The molecular formula is C23H28N4O3. The maximum atomic E-state index is 12.5. The summed E-state index contributed by atoms with van der Waals surface area (Å²) in [6, 6.07) is 8.03. The van der Waals surface area contributed by atoms with Crippen molar-refractivity contribution in [2.45, 2.75) is 26.3 Å². The van der Waals surface area contributed by atoms with Gasteiger partial charge in [-0.05, 0) is 44.0 Å². The SMILES string of the molecule is CC(C)N1CCOc2cccc(c2)C2=C3NC(=NCCOC1=O)C=CC3CCN=C2. The number of fused-ring (bicyclic) bond motifs is 4. The Kier molecular flexibility index (Phi) is 6.16. The minimum Gasteiger partial charge on any atom is -0.492 e. The van der Waals surface area contributed by atoms with E-state index in [1.165, 1.54) is 0 Å². The smallest absolute Gasteiger partial charge is 0.410 e. The minimum absolute atomic E-state index is 0.0208. The standard InChI is InChI=1S/C23H28N4O3/c1-16(2)27-11-13-29-19-5-3-4-18(14-19)20-15-24-9-8-17-6-7-21(26-22(17)20)25-10-12-30-23(27)28/h3-7,14-17H,8-13H2,1-2H3,(H,25,26). The Bertz CT molecular complexity index is 917. The fourth-order valence-electron chi connectivity index (χ4n) is 3.80. The second-order valence-electron chi connectivity index (χ2n) is 7.79. The van der Waals surface area contributed by atoms with Crippen LogP contribution in [0, 0.1) is 5.92 Å². The van der Waals surface area contributed by atoms with Crippen LogP contribution in [0.1, 0.15) is 25.8 Å². The molecule has 0 aliphatic carbocycles. The fourth-order valence-corrected chi connectivity index (χ4v) is 3.80. The Labute approximate surface area is 177 Å². The molecule has 7 nitrogen and oxygen atoms in total. The summed E-state index contributed by atoms with van der Waals surface area (Å²) < 4.78 is 11.4. The van der Waals surface area contributed by atoms with Gasteiger partial charge in [0.25, 0.3) is 0 Å². The first-order chi connectivity index (χ1) is 14.6. The van der Waals surface area contributed by atoms with Crippen molar-refractivity contribution in [3.8, 4) is 5.75 Å². The van der Waals surface area contributed by atoms with E-state index in [4.69, 9.17) is 9.47 Å². The highest BCUT2D eigenvalue weighted by atomic mass is 16.6. The molecule has 30 heavy (non-hydrogen) atoms. The molecule has 0 spiro atoms. The summed E-state index contributed by atoms with van der Waals surface area (Å²) >= 11 is 0. The van der Waals surface area contributed by atoms with E-state index in [-0.39, 0.29) is 24.7 Å². The Morgan fingerprint density at radius 3 is 2.97 bits per heavy atom. The van der Waals surface area contributed by atoms with Gasteiger partial charge in [-0.1, -0.05) is 18.2 Å². The maximum Gasteiger partial charge on any atom is 0.410 e. The zero-order valence-electron chi connectivity index (χ0n) is 17.5. The van der Waals surface area contributed by atoms with E-state index < -0.39 is 0 Å². The number of benzene rings is 1. The first kappa shape index (κ1) is 20.2. The highest BCUT2D eigenvalue weighted by Crippen LogP contribution is 2.30. The molecule has 1 N–H and O–H groups in total. The number of carbonyl (C=O) groups excluding carboxylic acids is 1. The lowest BCUT2D eigenvalue weighted by molar-refractivity contribution is 0.0871. The quantitative estimate of drug-likeness (QED) is 0.774. The van der Waals surface area contributed by atoms with Crippen molar-refractivity contribution in [2.75, 3.05) is 32.8 Å². The number of allylic oxidation sites excluding steroid dienone is 2. The van der Waals surface area contributed by atoms with Crippen LogP contribution in [0.3, 0.4) is 0 Å². The fraction of sp³-hybridized carbons (Fsp3) is 0.435. The van der Waals surface area contributed by atoms with Crippen LogP contribution in [0.4, 0.5) is 4.79 Å². The number of hydrogen-bond donors (Lipinski definition) is 1. The lowest BCUT2D eigenvalue weighted by Gasteiger charge is -2.26. The molecule has 7 heteroatoms. The number of amides is 1. The van der Waals surface area contributed by atoms with E-state index in [2.05, 4.69) is 27.4 Å². The van der Waals surface area contributed by atoms with E-state index in [0.29, 0.717) is 19.7 Å². The van der Waals surface area contributed by atoms with Crippen molar-refractivity contribution in [3.63, 3.8) is 0 Å². The van der Waals surface area contributed by atoms with Crippen LogP contribution in [0.25, 0.3) is 5.57 Å². The largest absolute Gasteiger partial charge is 0.492 e. The summed E-state index contributed by atoms with van der Waals surface area (Å²) in [6.07, 6.45) is 6.73. The highest BCUT2D eigenvalue weighted by Gasteiger charge is 2.24. The Morgan fingerprint density at radius 2 is 2.10 bits per heavy atom. The van der Waals surface area contributed by atoms with Crippen LogP contribution >= 0.6 is 0 Å². The van der Waals surface area contributed by atoms with Gasteiger partial charge in [0.15, 0.2) is 0 Å². The number of rotatable bonds is 1. The van der Waals surface area contributed by atoms with E-state index in [0.717, 1.165) is 41.4 Å². The van der Waals surface area contributed by atoms with Crippen LogP contribution in [0.15, 0.2) is 52.1 Å². The molecule has 0 radical (unpaired) electrons. The summed E-state index contributed by atoms with van der Waals surface area (Å²) in [7, 11) is 0. The number of amidine groups is 1. The zero-order valence-corrected chi connectivity index (χ0v) is 17.5. The molecule has 3 aliphatic rings. The Hall–Kier alpha value is -3.09. The van der Waals surface area contributed by atoms with Crippen LogP contribution < -0.4 is 10.1 Å². The lowest BCUT2D eigenvalue weighted by Crippen LogP contribution is -2.40. The average molecular weight is 409 g/mol. The second-order valence-corrected chi connectivity index (χ2v) is 7.79. The third kappa shape index (κ3) is 4.56. The molecule has 0 fully saturated rings. The van der Waals surface area contributed by atoms with Crippen LogP contribution in [0.5, 0.6) is 5.75 Å². The van der Waals surface area contributed by atoms with E-state index in [1.807, 2.05) is 44.3 Å². The minimum atomic E-state index is -0.341. The maximum absolute atomic E-state index is 12.5. The molecular weight excluding hydrogens is 380 g/mol. The molecule has 0 saturated carbocycles. The van der Waals surface area contributed by atoms with Crippen molar-refractivity contribution in [1.29, 1.82) is 0 Å². The molecule has 158 valence electrons. The zero-order chi connectivity index (χ0) is 20.9. The van der Waals surface area contributed by atoms with Gasteiger partial charge < -0.3 is 19.7 Å². The number of aliphatic imine (C=N–C) groups is 2. The summed E-state index contributed by atoms with van der Waals surface area (Å²) in [6.45, 7) is 6.20. The predicted octanol–water partition coefficient (Wildman–Crippen LogP) is 3.29. The van der Waals surface area contributed by atoms with Crippen molar-refractivity contribution in [3.05, 3.63) is 47.7 Å². The number of cyclic esters (lactones) is 1. The topological polar surface area (TPSA) is 75.5 Å². The van der Waals surface area contributed by atoms with Crippen LogP contribution in [-0.4, -0.2) is 61.9 Å². The monoisotopic (exact) mass is 408 g/mol. The molecule has 1 atom stereocenters. The lowest BCUT2D eigenvalue weighted by atomic mass is 9.92. The molecule has 4 rings (SSSR count). The van der Waals surface area contributed by atoms with Gasteiger partial charge >= 0.3 is 6.09 Å². The van der Waals surface area contributed by atoms with Crippen molar-refractivity contribution >= 4 is 23.7 Å².